The number of benzene rings is 3. The van der Waals surface area contributed by atoms with Gasteiger partial charge in [0, 0.05) is 24.1 Å². The first kappa shape index (κ1) is 24.9. The lowest BCUT2D eigenvalue weighted by molar-refractivity contribution is -0.119. The van der Waals surface area contributed by atoms with Gasteiger partial charge in [-0.1, -0.05) is 36.4 Å². The van der Waals surface area contributed by atoms with Gasteiger partial charge in [-0.25, -0.2) is 12.8 Å². The van der Waals surface area contributed by atoms with Crippen molar-refractivity contribution in [3.63, 3.8) is 0 Å². The average molecular weight is 517 g/mol. The van der Waals surface area contributed by atoms with E-state index in [2.05, 4.69) is 5.32 Å². The molecule has 0 unspecified atom stereocenters. The van der Waals surface area contributed by atoms with Crippen molar-refractivity contribution in [3.05, 3.63) is 84.2 Å². The summed E-state index contributed by atoms with van der Waals surface area (Å²) in [6, 6.07) is 19.3. The van der Waals surface area contributed by atoms with Crippen LogP contribution >= 0.6 is 11.8 Å². The molecule has 0 saturated heterocycles. The Kier molecular flexibility index (Phi) is 8.14. The van der Waals surface area contributed by atoms with E-state index in [0.717, 1.165) is 4.31 Å². The van der Waals surface area contributed by atoms with Crippen LogP contribution in [0.4, 0.5) is 10.1 Å². The number of carbonyl (C=O) groups is 1. The second kappa shape index (κ2) is 11.5. The van der Waals surface area contributed by atoms with Gasteiger partial charge in [0.05, 0.1) is 10.6 Å². The molecule has 3 aromatic carbocycles. The molecule has 1 N–H and O–H groups in total. The first-order chi connectivity index (χ1) is 16.9. The maximum Gasteiger partial charge on any atom is 0.264 e. The predicted molar refractivity (Wildman–Crippen MR) is 134 cm³/mol. The highest BCUT2D eigenvalue weighted by Crippen LogP contribution is 2.35. The lowest BCUT2D eigenvalue weighted by Crippen LogP contribution is -2.41. The Morgan fingerprint density at radius 2 is 1.69 bits per heavy atom. The summed E-state index contributed by atoms with van der Waals surface area (Å²) in [7, 11) is -4.02. The minimum atomic E-state index is -4.02. The third kappa shape index (κ3) is 6.26. The molecule has 1 aliphatic heterocycles. The van der Waals surface area contributed by atoms with Gasteiger partial charge in [0.1, 0.15) is 25.6 Å². The number of anilines is 1. The standard InChI is InChI=1S/C25H25FN2O5S2/c26-22-9-5-4-6-19(22)18-34-15-12-27-25(29)17-28(35(30,31)21-7-2-1-3-8-21)20-10-11-23-24(16-20)33-14-13-32-23/h1-11,16H,12-15,17-18H2,(H,27,29). The van der Waals surface area contributed by atoms with Crippen molar-refractivity contribution in [2.24, 2.45) is 0 Å². The number of ether oxygens (including phenoxy) is 2. The van der Waals surface area contributed by atoms with Gasteiger partial charge < -0.3 is 14.8 Å². The molecule has 0 aliphatic carbocycles. The van der Waals surface area contributed by atoms with Crippen molar-refractivity contribution < 1.29 is 27.1 Å². The SMILES string of the molecule is O=C(CN(c1ccc2c(c1)OCCO2)S(=O)(=O)c1ccccc1)NCCSCc1ccccc1F. The van der Waals surface area contributed by atoms with Gasteiger partial charge in [-0.3, -0.25) is 9.10 Å². The highest BCUT2D eigenvalue weighted by atomic mass is 32.2. The second-order valence-corrected chi connectivity index (χ2v) is 10.6. The molecule has 10 heteroatoms. The quantitative estimate of drug-likeness (QED) is 0.412. The maximum absolute atomic E-state index is 13.7. The van der Waals surface area contributed by atoms with Crippen LogP contribution < -0.4 is 19.1 Å². The minimum Gasteiger partial charge on any atom is -0.486 e. The summed E-state index contributed by atoms with van der Waals surface area (Å²) in [6.07, 6.45) is 0. The normalized spacial score (nSPS) is 12.7. The Bertz CT molecular complexity index is 1270. The molecular formula is C25H25FN2O5S2. The van der Waals surface area contributed by atoms with E-state index in [4.69, 9.17) is 9.47 Å². The summed E-state index contributed by atoms with van der Waals surface area (Å²) >= 11 is 1.48. The smallest absolute Gasteiger partial charge is 0.264 e. The van der Waals surface area contributed by atoms with E-state index in [0.29, 0.717) is 54.0 Å². The van der Waals surface area contributed by atoms with Crippen LogP contribution in [-0.4, -0.2) is 46.4 Å². The topological polar surface area (TPSA) is 84.9 Å². The number of hydrogen-bond donors (Lipinski definition) is 1. The Labute approximate surface area is 208 Å². The molecular weight excluding hydrogens is 491 g/mol. The van der Waals surface area contributed by atoms with Gasteiger partial charge in [0.15, 0.2) is 11.5 Å². The van der Waals surface area contributed by atoms with Crippen LogP contribution in [0.1, 0.15) is 5.56 Å². The molecule has 1 aliphatic rings. The summed E-state index contributed by atoms with van der Waals surface area (Å²) in [5.74, 6) is 1.26. The molecule has 0 bridgehead atoms. The Morgan fingerprint density at radius 1 is 0.971 bits per heavy atom. The van der Waals surface area contributed by atoms with Crippen molar-refractivity contribution in [3.8, 4) is 11.5 Å². The minimum absolute atomic E-state index is 0.0723. The third-order valence-electron chi connectivity index (χ3n) is 5.22. The number of amides is 1. The summed E-state index contributed by atoms with van der Waals surface area (Å²) in [5.41, 5.74) is 0.893. The molecule has 184 valence electrons. The molecule has 3 aromatic rings. The zero-order valence-corrected chi connectivity index (χ0v) is 20.5. The van der Waals surface area contributed by atoms with E-state index in [9.17, 15) is 17.6 Å². The fraction of sp³-hybridized carbons (Fsp3) is 0.240. The molecule has 0 aromatic heterocycles. The Balaban J connectivity index is 1.44. The van der Waals surface area contributed by atoms with Gasteiger partial charge in [0.25, 0.3) is 10.0 Å². The van der Waals surface area contributed by atoms with E-state index in [1.54, 1.807) is 54.6 Å². The molecule has 0 fully saturated rings. The second-order valence-electron chi connectivity index (χ2n) is 7.65. The number of hydrogen-bond acceptors (Lipinski definition) is 6. The molecule has 1 amide bonds. The maximum atomic E-state index is 13.7. The molecule has 0 spiro atoms. The van der Waals surface area contributed by atoms with Crippen LogP contribution in [0, 0.1) is 5.82 Å². The third-order valence-corrected chi connectivity index (χ3v) is 8.01. The molecule has 0 atom stereocenters. The average Bonchev–Trinajstić information content (AvgIpc) is 2.88. The van der Waals surface area contributed by atoms with Crippen LogP contribution in [0.25, 0.3) is 0 Å². The first-order valence-corrected chi connectivity index (χ1v) is 13.6. The van der Waals surface area contributed by atoms with Gasteiger partial charge in [0.2, 0.25) is 5.91 Å². The fourth-order valence-electron chi connectivity index (χ4n) is 3.47. The number of carbonyl (C=O) groups excluding carboxylic acids is 1. The highest BCUT2D eigenvalue weighted by molar-refractivity contribution is 7.98. The number of halogens is 1. The first-order valence-electron chi connectivity index (χ1n) is 11.0. The highest BCUT2D eigenvalue weighted by Gasteiger charge is 2.28. The molecule has 0 radical (unpaired) electrons. The predicted octanol–water partition coefficient (Wildman–Crippen LogP) is 3.84. The number of nitrogens with one attached hydrogen (secondary N) is 1. The zero-order chi connectivity index (χ0) is 24.7. The van der Waals surface area contributed by atoms with Gasteiger partial charge in [-0.05, 0) is 35.9 Å². The lowest BCUT2D eigenvalue weighted by atomic mass is 10.2. The molecule has 35 heavy (non-hydrogen) atoms. The summed E-state index contributed by atoms with van der Waals surface area (Å²) in [5, 5.41) is 2.75. The van der Waals surface area contributed by atoms with Crippen molar-refractivity contribution in [1.82, 2.24) is 5.32 Å². The van der Waals surface area contributed by atoms with E-state index in [1.165, 1.54) is 30.0 Å². The summed E-state index contributed by atoms with van der Waals surface area (Å²) in [4.78, 5) is 12.8. The zero-order valence-electron chi connectivity index (χ0n) is 18.9. The lowest BCUT2D eigenvalue weighted by Gasteiger charge is -2.26. The molecule has 1 heterocycles. The number of thioether (sulfide) groups is 1. The molecule has 7 nitrogen and oxygen atoms in total. The molecule has 4 rings (SSSR count). The van der Waals surface area contributed by atoms with Crippen molar-refractivity contribution >= 4 is 33.4 Å². The van der Waals surface area contributed by atoms with Crippen LogP contribution in [0.2, 0.25) is 0 Å². The summed E-state index contributed by atoms with van der Waals surface area (Å²) in [6.45, 7) is 0.676. The van der Waals surface area contributed by atoms with Gasteiger partial charge >= 0.3 is 0 Å². The number of nitrogens with zero attached hydrogens (tertiary/aromatic N) is 1. The van der Waals surface area contributed by atoms with E-state index in [-0.39, 0.29) is 10.7 Å². The number of rotatable bonds is 10. The molecule has 0 saturated carbocycles. The van der Waals surface area contributed by atoms with Crippen molar-refractivity contribution in [2.75, 3.05) is 36.4 Å². The Morgan fingerprint density at radius 3 is 2.46 bits per heavy atom. The van der Waals surface area contributed by atoms with Gasteiger partial charge in [-0.15, -0.1) is 0 Å². The number of sulfonamides is 1. The van der Waals surface area contributed by atoms with Crippen LogP contribution in [0.5, 0.6) is 11.5 Å². The Hall–Kier alpha value is -3.24. The van der Waals surface area contributed by atoms with Crippen molar-refractivity contribution in [2.45, 2.75) is 10.6 Å². The fourth-order valence-corrected chi connectivity index (χ4v) is 5.75. The van der Waals surface area contributed by atoms with Gasteiger partial charge in [-0.2, -0.15) is 11.8 Å². The number of fused-ring (bicyclic) bond motifs is 1. The van der Waals surface area contributed by atoms with E-state index < -0.39 is 22.5 Å². The van der Waals surface area contributed by atoms with E-state index in [1.807, 2.05) is 0 Å². The largest absolute Gasteiger partial charge is 0.486 e. The summed E-state index contributed by atoms with van der Waals surface area (Å²) < 4.78 is 52.8. The van der Waals surface area contributed by atoms with E-state index >= 15 is 0 Å². The van der Waals surface area contributed by atoms with Crippen LogP contribution in [-0.2, 0) is 20.6 Å². The van der Waals surface area contributed by atoms with Crippen LogP contribution in [0.3, 0.4) is 0 Å². The van der Waals surface area contributed by atoms with Crippen LogP contribution in [0.15, 0.2) is 77.7 Å². The van der Waals surface area contributed by atoms with Crippen molar-refractivity contribution in [1.29, 1.82) is 0 Å². The monoisotopic (exact) mass is 516 g/mol.